The highest BCUT2D eigenvalue weighted by Crippen LogP contribution is 2.23. The van der Waals surface area contributed by atoms with Gasteiger partial charge < -0.3 is 40.3 Å². The highest BCUT2D eigenvalue weighted by Gasteiger charge is 2.44. The summed E-state index contributed by atoms with van der Waals surface area (Å²) in [7, 11) is 0. The van der Waals surface area contributed by atoms with Gasteiger partial charge in [0.15, 0.2) is 6.29 Å². The number of hydrogen-bond acceptors (Lipinski definition) is 8. The molecule has 1 amide bonds. The Balaban J connectivity index is 2.16. The summed E-state index contributed by atoms with van der Waals surface area (Å²) in [6, 6.07) is -0.726. The lowest BCUT2D eigenvalue weighted by Crippen LogP contribution is -2.60. The molecule has 1 aliphatic heterocycles. The van der Waals surface area contributed by atoms with Gasteiger partial charge in [-0.25, -0.2) is 0 Å². The molecule has 1 rings (SSSR count). The van der Waals surface area contributed by atoms with E-state index in [1.807, 2.05) is 0 Å². The molecule has 1 fully saturated rings. The maximum atomic E-state index is 13.1. The van der Waals surface area contributed by atoms with E-state index in [1.165, 1.54) is 161 Å². The lowest BCUT2D eigenvalue weighted by Gasteiger charge is -2.40. The average molecular weight is 1070 g/mol. The van der Waals surface area contributed by atoms with Crippen molar-refractivity contribution < 1.29 is 39.8 Å². The van der Waals surface area contributed by atoms with E-state index in [-0.39, 0.29) is 12.5 Å². The lowest BCUT2D eigenvalue weighted by molar-refractivity contribution is -0.302. The van der Waals surface area contributed by atoms with Gasteiger partial charge in [0.25, 0.3) is 0 Å². The molecule has 0 aromatic heterocycles. The Bertz CT molecular complexity index is 1470. The van der Waals surface area contributed by atoms with Gasteiger partial charge in [0.2, 0.25) is 5.91 Å². The summed E-state index contributed by atoms with van der Waals surface area (Å²) in [5, 5.41) is 54.8. The topological polar surface area (TPSA) is 149 Å². The van der Waals surface area contributed by atoms with Crippen molar-refractivity contribution in [2.75, 3.05) is 13.2 Å². The number of aliphatic hydroxyl groups excluding tert-OH is 5. The summed E-state index contributed by atoms with van der Waals surface area (Å²) < 4.78 is 11.3. The SMILES string of the molecule is CC/C=C\C/C=C\C/C=C\C/C=C\C/C=C\C/C=C\C/C=C\CCCCCCCCCCCCCC(=O)NC(COC1OC(CO)C(O)C(O)C1O)C(O)CCCCCCCCCCCCCCCCCCCCCC. The molecule has 0 aliphatic carbocycles. The molecule has 6 N–H and O–H groups in total. The largest absolute Gasteiger partial charge is 0.394 e. The molecule has 0 aromatic rings. The Kier molecular flexibility index (Phi) is 52.3. The van der Waals surface area contributed by atoms with Gasteiger partial charge in [-0.15, -0.1) is 0 Å². The number of rotatable bonds is 54. The fourth-order valence-corrected chi connectivity index (χ4v) is 9.79. The average Bonchev–Trinajstić information content (AvgIpc) is 3.42. The number of nitrogens with one attached hydrogen (secondary N) is 1. The van der Waals surface area contributed by atoms with Crippen LogP contribution in [-0.2, 0) is 14.3 Å². The van der Waals surface area contributed by atoms with Crippen molar-refractivity contribution in [1.29, 1.82) is 0 Å². The molecule has 7 atom stereocenters. The first kappa shape index (κ1) is 71.4. The van der Waals surface area contributed by atoms with Gasteiger partial charge in [0.05, 0.1) is 25.4 Å². The van der Waals surface area contributed by atoms with Crippen molar-refractivity contribution in [3.05, 3.63) is 85.1 Å². The molecule has 1 saturated heterocycles. The summed E-state index contributed by atoms with van der Waals surface area (Å²) in [6.45, 7) is 3.74. The third-order valence-electron chi connectivity index (χ3n) is 14.8. The second-order valence-electron chi connectivity index (χ2n) is 21.8. The molecule has 76 heavy (non-hydrogen) atoms. The number of unbranched alkanes of at least 4 members (excludes halogenated alkanes) is 30. The number of carbonyl (C=O) groups excluding carboxylic acids is 1. The first-order valence-corrected chi connectivity index (χ1v) is 31.8. The van der Waals surface area contributed by atoms with Crippen LogP contribution in [0.25, 0.3) is 0 Å². The minimum atomic E-state index is -1.56. The van der Waals surface area contributed by atoms with E-state index in [4.69, 9.17) is 9.47 Å². The zero-order chi connectivity index (χ0) is 55.0. The van der Waals surface area contributed by atoms with Crippen molar-refractivity contribution in [3.63, 3.8) is 0 Å². The van der Waals surface area contributed by atoms with Gasteiger partial charge in [-0.2, -0.15) is 0 Å². The highest BCUT2D eigenvalue weighted by molar-refractivity contribution is 5.76. The number of carbonyl (C=O) groups is 1. The third-order valence-corrected chi connectivity index (χ3v) is 14.8. The fourth-order valence-electron chi connectivity index (χ4n) is 9.79. The minimum absolute atomic E-state index is 0.141. The van der Waals surface area contributed by atoms with Crippen LogP contribution in [0.4, 0.5) is 0 Å². The van der Waals surface area contributed by atoms with E-state index in [2.05, 4.69) is 104 Å². The number of ether oxygens (including phenoxy) is 2. The molecule has 0 bridgehead atoms. The predicted octanol–water partition coefficient (Wildman–Crippen LogP) is 16.6. The van der Waals surface area contributed by atoms with Crippen LogP contribution < -0.4 is 5.32 Å². The number of amides is 1. The summed E-state index contributed by atoms with van der Waals surface area (Å²) >= 11 is 0. The van der Waals surface area contributed by atoms with Crippen LogP contribution in [-0.4, -0.2) is 87.5 Å². The van der Waals surface area contributed by atoms with Crippen molar-refractivity contribution in [1.82, 2.24) is 5.32 Å². The van der Waals surface area contributed by atoms with Crippen LogP contribution in [0.15, 0.2) is 85.1 Å². The van der Waals surface area contributed by atoms with E-state index >= 15 is 0 Å². The molecule has 0 aromatic carbocycles. The van der Waals surface area contributed by atoms with Gasteiger partial charge in [0, 0.05) is 6.42 Å². The number of allylic oxidation sites excluding steroid dienone is 14. The van der Waals surface area contributed by atoms with E-state index in [0.29, 0.717) is 12.8 Å². The molecule has 0 radical (unpaired) electrons. The molecule has 9 heteroatoms. The molecular formula is C67H119NO8. The van der Waals surface area contributed by atoms with Gasteiger partial charge in [0.1, 0.15) is 24.4 Å². The summed E-state index contributed by atoms with van der Waals surface area (Å²) in [4.78, 5) is 13.1. The van der Waals surface area contributed by atoms with Crippen LogP contribution in [0.5, 0.6) is 0 Å². The molecule has 0 saturated carbocycles. The van der Waals surface area contributed by atoms with Gasteiger partial charge in [-0.1, -0.05) is 285 Å². The molecule has 7 unspecified atom stereocenters. The van der Waals surface area contributed by atoms with E-state index in [1.54, 1.807) is 0 Å². The number of hydrogen-bond donors (Lipinski definition) is 6. The van der Waals surface area contributed by atoms with Crippen LogP contribution in [0, 0.1) is 0 Å². The molecular weight excluding hydrogens is 947 g/mol. The van der Waals surface area contributed by atoms with Gasteiger partial charge >= 0.3 is 0 Å². The Hall–Kier alpha value is -2.63. The van der Waals surface area contributed by atoms with Crippen molar-refractivity contribution in [2.24, 2.45) is 0 Å². The van der Waals surface area contributed by atoms with Crippen molar-refractivity contribution in [2.45, 2.75) is 320 Å². The smallest absolute Gasteiger partial charge is 0.220 e. The quantitative estimate of drug-likeness (QED) is 0.0261. The monoisotopic (exact) mass is 1070 g/mol. The Morgan fingerprint density at radius 3 is 1.21 bits per heavy atom. The van der Waals surface area contributed by atoms with E-state index in [0.717, 1.165) is 89.9 Å². The Morgan fingerprint density at radius 1 is 0.461 bits per heavy atom. The van der Waals surface area contributed by atoms with E-state index in [9.17, 15) is 30.3 Å². The minimum Gasteiger partial charge on any atom is -0.394 e. The van der Waals surface area contributed by atoms with Crippen LogP contribution >= 0.6 is 0 Å². The fraction of sp³-hybridized carbons (Fsp3) is 0.776. The summed E-state index contributed by atoms with van der Waals surface area (Å²) in [6.07, 6.45) is 71.9. The molecule has 0 spiro atoms. The summed E-state index contributed by atoms with van der Waals surface area (Å²) in [5.74, 6) is -0.148. The second-order valence-corrected chi connectivity index (χ2v) is 21.8. The Labute approximate surface area is 467 Å². The van der Waals surface area contributed by atoms with Gasteiger partial charge in [-0.05, 0) is 70.6 Å². The number of aliphatic hydroxyl groups is 5. The predicted molar refractivity (Wildman–Crippen MR) is 322 cm³/mol. The van der Waals surface area contributed by atoms with Crippen LogP contribution in [0.2, 0.25) is 0 Å². The molecule has 1 aliphatic rings. The first-order chi connectivity index (χ1) is 37.3. The molecule has 1 heterocycles. The van der Waals surface area contributed by atoms with E-state index < -0.39 is 49.5 Å². The van der Waals surface area contributed by atoms with Crippen LogP contribution in [0.1, 0.15) is 277 Å². The zero-order valence-corrected chi connectivity index (χ0v) is 49.0. The third kappa shape index (κ3) is 44.2. The standard InChI is InChI=1S/C67H119NO8/c1-3-5-7-9-11-13-15-17-19-21-23-25-26-27-28-29-30-31-32-33-34-35-36-37-39-41-43-45-47-49-51-53-55-57-63(71)68-60(59-75-67-66(74)65(73)64(72)62(58-69)76-67)61(70)56-54-52-50-48-46-44-42-40-38-24-22-20-18-16-14-12-10-8-6-4-2/h5,7,11,13,17,19,23,25,27-28,30-31,33-34,60-62,64-67,69-70,72-74H,3-4,6,8-10,12,14-16,18,20-22,24,26,29,32,35-59H2,1-2H3,(H,68,71)/b7-5-,13-11-,19-17-,25-23-,28-27-,31-30-,34-33-. The molecule has 440 valence electrons. The lowest BCUT2D eigenvalue weighted by atomic mass is 9.99. The maximum Gasteiger partial charge on any atom is 0.220 e. The van der Waals surface area contributed by atoms with Crippen molar-refractivity contribution in [3.8, 4) is 0 Å². The highest BCUT2D eigenvalue weighted by atomic mass is 16.7. The Morgan fingerprint density at radius 2 is 0.816 bits per heavy atom. The van der Waals surface area contributed by atoms with Gasteiger partial charge in [-0.3, -0.25) is 4.79 Å². The zero-order valence-electron chi connectivity index (χ0n) is 49.0. The second kappa shape index (κ2) is 55.7. The summed E-state index contributed by atoms with van der Waals surface area (Å²) in [5.41, 5.74) is 0. The first-order valence-electron chi connectivity index (χ1n) is 31.8. The normalized spacial score (nSPS) is 19.4. The molecule has 9 nitrogen and oxygen atoms in total. The van der Waals surface area contributed by atoms with Crippen LogP contribution in [0.3, 0.4) is 0 Å². The van der Waals surface area contributed by atoms with Crippen molar-refractivity contribution >= 4 is 5.91 Å². The maximum absolute atomic E-state index is 13.1.